The summed E-state index contributed by atoms with van der Waals surface area (Å²) in [7, 11) is 0. The highest BCUT2D eigenvalue weighted by atomic mass is 16.5. The van der Waals surface area contributed by atoms with E-state index in [9.17, 15) is 4.79 Å². The zero-order valence-electron chi connectivity index (χ0n) is 17.0. The molecule has 0 radical (unpaired) electrons. The summed E-state index contributed by atoms with van der Waals surface area (Å²) in [5.74, 6) is 0.0666. The molecule has 1 aliphatic carbocycles. The van der Waals surface area contributed by atoms with Crippen molar-refractivity contribution in [3.63, 3.8) is 0 Å². The van der Waals surface area contributed by atoms with E-state index in [1.807, 2.05) is 66.7 Å². The maximum atomic E-state index is 12.3. The Morgan fingerprint density at radius 2 is 1.65 bits per heavy atom. The summed E-state index contributed by atoms with van der Waals surface area (Å²) < 4.78 is 5.57. The van der Waals surface area contributed by atoms with Gasteiger partial charge in [0.2, 0.25) is 0 Å². The summed E-state index contributed by atoms with van der Waals surface area (Å²) in [6.07, 6.45) is 5.29. The SMILES string of the molecule is O=C(NCC=Cc1cccc2ncccc12)OCC1c2ccccc2-c2ccccc21. The van der Waals surface area contributed by atoms with Gasteiger partial charge in [-0.15, -0.1) is 0 Å². The average Bonchev–Trinajstić information content (AvgIpc) is 3.14. The molecule has 1 aliphatic rings. The van der Waals surface area contributed by atoms with E-state index in [0.29, 0.717) is 13.2 Å². The molecule has 4 nitrogen and oxygen atoms in total. The Balaban J connectivity index is 1.20. The van der Waals surface area contributed by atoms with Crippen molar-refractivity contribution in [3.8, 4) is 11.1 Å². The van der Waals surface area contributed by atoms with E-state index in [2.05, 4.69) is 34.6 Å². The molecular formula is C27H22N2O2. The molecule has 5 rings (SSSR count). The van der Waals surface area contributed by atoms with Crippen LogP contribution in [0, 0.1) is 0 Å². The molecule has 4 aromatic rings. The zero-order chi connectivity index (χ0) is 21.0. The van der Waals surface area contributed by atoms with Gasteiger partial charge in [-0.2, -0.15) is 0 Å². The number of carbonyl (C=O) groups is 1. The lowest BCUT2D eigenvalue weighted by atomic mass is 9.98. The number of alkyl carbamates (subject to hydrolysis) is 1. The van der Waals surface area contributed by atoms with Crippen LogP contribution in [-0.4, -0.2) is 24.2 Å². The van der Waals surface area contributed by atoms with Gasteiger partial charge in [-0.25, -0.2) is 4.79 Å². The molecule has 152 valence electrons. The minimum atomic E-state index is -0.411. The number of hydrogen-bond acceptors (Lipinski definition) is 3. The van der Waals surface area contributed by atoms with Crippen molar-refractivity contribution >= 4 is 23.1 Å². The second kappa shape index (κ2) is 8.44. The van der Waals surface area contributed by atoms with E-state index < -0.39 is 6.09 Å². The summed E-state index contributed by atoms with van der Waals surface area (Å²) in [6.45, 7) is 0.714. The minimum absolute atomic E-state index is 0.0666. The normalized spacial score (nSPS) is 12.6. The second-order valence-electron chi connectivity index (χ2n) is 7.53. The number of benzene rings is 3. The van der Waals surface area contributed by atoms with Gasteiger partial charge >= 0.3 is 6.09 Å². The Labute approximate surface area is 181 Å². The van der Waals surface area contributed by atoms with E-state index in [4.69, 9.17) is 4.74 Å². The molecule has 0 fully saturated rings. The topological polar surface area (TPSA) is 51.2 Å². The van der Waals surface area contributed by atoms with Gasteiger partial charge < -0.3 is 10.1 Å². The predicted molar refractivity (Wildman–Crippen MR) is 124 cm³/mol. The van der Waals surface area contributed by atoms with Gasteiger partial charge in [0.25, 0.3) is 0 Å². The van der Waals surface area contributed by atoms with Crippen molar-refractivity contribution in [2.75, 3.05) is 13.2 Å². The summed E-state index contributed by atoms with van der Waals surface area (Å²) >= 11 is 0. The van der Waals surface area contributed by atoms with Crippen LogP contribution in [0.25, 0.3) is 28.1 Å². The molecule has 1 aromatic heterocycles. The third kappa shape index (κ3) is 3.80. The molecule has 0 atom stereocenters. The van der Waals surface area contributed by atoms with Crippen molar-refractivity contribution in [1.29, 1.82) is 0 Å². The number of pyridine rings is 1. The fourth-order valence-corrected chi connectivity index (χ4v) is 4.25. The number of rotatable bonds is 5. The van der Waals surface area contributed by atoms with Crippen LogP contribution in [0.1, 0.15) is 22.6 Å². The molecule has 0 saturated carbocycles. The third-order valence-corrected chi connectivity index (χ3v) is 5.68. The number of hydrogen-bond donors (Lipinski definition) is 1. The molecule has 0 spiro atoms. The Hall–Kier alpha value is -3.92. The number of aromatic nitrogens is 1. The molecular weight excluding hydrogens is 384 g/mol. The van der Waals surface area contributed by atoms with E-state index in [1.54, 1.807) is 6.20 Å². The zero-order valence-corrected chi connectivity index (χ0v) is 17.0. The average molecular weight is 406 g/mol. The Morgan fingerprint density at radius 3 is 2.42 bits per heavy atom. The number of nitrogens with zero attached hydrogens (tertiary/aromatic N) is 1. The minimum Gasteiger partial charge on any atom is -0.449 e. The van der Waals surface area contributed by atoms with Crippen LogP contribution in [0.4, 0.5) is 4.79 Å². The highest BCUT2D eigenvalue weighted by molar-refractivity contribution is 5.87. The van der Waals surface area contributed by atoms with Gasteiger partial charge in [0, 0.05) is 24.0 Å². The Bertz CT molecular complexity index is 1230. The number of amides is 1. The maximum Gasteiger partial charge on any atom is 0.407 e. The van der Waals surface area contributed by atoms with Crippen molar-refractivity contribution in [2.24, 2.45) is 0 Å². The Morgan fingerprint density at radius 1 is 0.903 bits per heavy atom. The van der Waals surface area contributed by atoms with Crippen LogP contribution in [0.2, 0.25) is 0 Å². The lowest BCUT2D eigenvalue weighted by Crippen LogP contribution is -2.26. The van der Waals surface area contributed by atoms with Crippen LogP contribution in [0.15, 0.2) is 91.1 Å². The van der Waals surface area contributed by atoms with E-state index in [0.717, 1.165) is 16.5 Å². The first-order valence-electron chi connectivity index (χ1n) is 10.4. The van der Waals surface area contributed by atoms with Crippen molar-refractivity contribution < 1.29 is 9.53 Å². The van der Waals surface area contributed by atoms with Crippen LogP contribution in [0.3, 0.4) is 0 Å². The number of nitrogens with one attached hydrogen (secondary N) is 1. The molecule has 0 saturated heterocycles. The molecule has 1 amide bonds. The van der Waals surface area contributed by atoms with E-state index >= 15 is 0 Å². The van der Waals surface area contributed by atoms with Gasteiger partial charge in [-0.3, -0.25) is 4.98 Å². The summed E-state index contributed by atoms with van der Waals surface area (Å²) in [5.41, 5.74) is 6.88. The first-order chi connectivity index (χ1) is 15.3. The first kappa shape index (κ1) is 19.1. The van der Waals surface area contributed by atoms with Crippen LogP contribution >= 0.6 is 0 Å². The van der Waals surface area contributed by atoms with Gasteiger partial charge in [0.15, 0.2) is 0 Å². The molecule has 4 heteroatoms. The molecule has 0 aliphatic heterocycles. The highest BCUT2D eigenvalue weighted by Crippen LogP contribution is 2.44. The lowest BCUT2D eigenvalue weighted by molar-refractivity contribution is 0.144. The van der Waals surface area contributed by atoms with Crippen LogP contribution < -0.4 is 5.32 Å². The Kier molecular flexibility index (Phi) is 5.19. The fraction of sp³-hybridized carbons (Fsp3) is 0.111. The molecule has 1 heterocycles. The van der Waals surface area contributed by atoms with Gasteiger partial charge in [-0.05, 0) is 39.9 Å². The largest absolute Gasteiger partial charge is 0.449 e. The maximum absolute atomic E-state index is 12.3. The number of ether oxygens (including phenoxy) is 1. The smallest absolute Gasteiger partial charge is 0.407 e. The van der Waals surface area contributed by atoms with E-state index in [-0.39, 0.29) is 5.92 Å². The first-order valence-corrected chi connectivity index (χ1v) is 10.4. The van der Waals surface area contributed by atoms with Gasteiger partial charge in [-0.1, -0.05) is 78.9 Å². The summed E-state index contributed by atoms with van der Waals surface area (Å²) in [5, 5.41) is 3.89. The number of carbonyl (C=O) groups excluding carboxylic acids is 1. The standard InChI is InChI=1S/C27H22N2O2/c30-27(29-17-6-9-19-8-5-15-26-20(19)14-7-16-28-26)31-18-25-23-12-3-1-10-21(23)22-11-2-4-13-24(22)25/h1-16,25H,17-18H2,(H,29,30). The lowest BCUT2D eigenvalue weighted by Gasteiger charge is -2.14. The van der Waals surface area contributed by atoms with Crippen LogP contribution in [-0.2, 0) is 4.74 Å². The highest BCUT2D eigenvalue weighted by Gasteiger charge is 2.28. The molecule has 0 bridgehead atoms. The van der Waals surface area contributed by atoms with Gasteiger partial charge in [0.05, 0.1) is 5.52 Å². The quantitative estimate of drug-likeness (QED) is 0.457. The summed E-state index contributed by atoms with van der Waals surface area (Å²) in [4.78, 5) is 16.6. The van der Waals surface area contributed by atoms with Crippen molar-refractivity contribution in [3.05, 3.63) is 108 Å². The van der Waals surface area contributed by atoms with Crippen molar-refractivity contribution in [2.45, 2.75) is 5.92 Å². The van der Waals surface area contributed by atoms with E-state index in [1.165, 1.54) is 22.3 Å². The molecule has 3 aromatic carbocycles. The van der Waals surface area contributed by atoms with Gasteiger partial charge in [0.1, 0.15) is 6.61 Å². The monoisotopic (exact) mass is 406 g/mol. The van der Waals surface area contributed by atoms with Crippen molar-refractivity contribution in [1.82, 2.24) is 10.3 Å². The fourth-order valence-electron chi connectivity index (χ4n) is 4.25. The molecule has 1 N–H and O–H groups in total. The predicted octanol–water partition coefficient (Wildman–Crippen LogP) is 5.79. The third-order valence-electron chi connectivity index (χ3n) is 5.68. The second-order valence-corrected chi connectivity index (χ2v) is 7.53. The number of fused-ring (bicyclic) bond motifs is 4. The van der Waals surface area contributed by atoms with Crippen LogP contribution in [0.5, 0.6) is 0 Å². The summed E-state index contributed by atoms with van der Waals surface area (Å²) in [6, 6.07) is 26.6. The molecule has 0 unspecified atom stereocenters. The molecule has 31 heavy (non-hydrogen) atoms.